The molecule has 1 aromatic carbocycles. The van der Waals surface area contributed by atoms with Crippen LogP contribution >= 0.6 is 0 Å². The average Bonchev–Trinajstić information content (AvgIpc) is 2.50. The van der Waals surface area contributed by atoms with Crippen molar-refractivity contribution in [3.63, 3.8) is 0 Å². The second kappa shape index (κ2) is 7.88. The summed E-state index contributed by atoms with van der Waals surface area (Å²) in [7, 11) is 0. The van der Waals surface area contributed by atoms with Crippen molar-refractivity contribution in [1.82, 2.24) is 4.90 Å². The maximum Gasteiger partial charge on any atom is 0.338 e. The van der Waals surface area contributed by atoms with E-state index in [1.807, 2.05) is 0 Å². The minimum absolute atomic E-state index is 0.309. The van der Waals surface area contributed by atoms with Crippen molar-refractivity contribution in [2.45, 2.75) is 26.2 Å². The molecule has 1 fully saturated rings. The number of esters is 1. The van der Waals surface area contributed by atoms with Gasteiger partial charge in [-0.1, -0.05) is 6.42 Å². The summed E-state index contributed by atoms with van der Waals surface area (Å²) in [5.41, 5.74) is 7.95. The summed E-state index contributed by atoms with van der Waals surface area (Å²) in [6.07, 6.45) is 3.93. The lowest BCUT2D eigenvalue weighted by Gasteiger charge is -2.26. The van der Waals surface area contributed by atoms with Gasteiger partial charge in [-0.25, -0.2) is 4.79 Å². The summed E-state index contributed by atoms with van der Waals surface area (Å²) in [4.78, 5) is 14.2. The molecule has 1 aromatic rings. The second-order valence-electron chi connectivity index (χ2n) is 5.35. The summed E-state index contributed by atoms with van der Waals surface area (Å²) in [5, 5.41) is 3.32. The van der Waals surface area contributed by atoms with Crippen molar-refractivity contribution >= 4 is 17.3 Å². The van der Waals surface area contributed by atoms with Gasteiger partial charge in [-0.15, -0.1) is 0 Å². The molecule has 0 bridgehead atoms. The van der Waals surface area contributed by atoms with Crippen LogP contribution in [0.25, 0.3) is 0 Å². The number of anilines is 2. The van der Waals surface area contributed by atoms with Gasteiger partial charge in [0.1, 0.15) is 0 Å². The molecule has 116 valence electrons. The van der Waals surface area contributed by atoms with Crippen LogP contribution in [0.3, 0.4) is 0 Å². The zero-order valence-corrected chi connectivity index (χ0v) is 12.7. The van der Waals surface area contributed by atoms with Crippen LogP contribution in [0.2, 0.25) is 0 Å². The number of nitrogen functional groups attached to an aromatic ring is 1. The first-order chi connectivity index (χ1) is 10.2. The van der Waals surface area contributed by atoms with E-state index in [1.165, 1.54) is 32.4 Å². The second-order valence-corrected chi connectivity index (χ2v) is 5.35. The van der Waals surface area contributed by atoms with E-state index in [4.69, 9.17) is 10.5 Å². The molecule has 0 atom stereocenters. The van der Waals surface area contributed by atoms with Crippen LogP contribution in [-0.2, 0) is 4.74 Å². The topological polar surface area (TPSA) is 67.6 Å². The minimum Gasteiger partial charge on any atom is -0.462 e. The molecule has 1 aliphatic heterocycles. The third-order valence-corrected chi connectivity index (χ3v) is 3.76. The fraction of sp³-hybridized carbons (Fsp3) is 0.562. The van der Waals surface area contributed by atoms with Crippen molar-refractivity contribution in [3.05, 3.63) is 23.8 Å². The maximum atomic E-state index is 11.7. The van der Waals surface area contributed by atoms with Gasteiger partial charge in [0.2, 0.25) is 0 Å². The highest BCUT2D eigenvalue weighted by Crippen LogP contribution is 2.20. The summed E-state index contributed by atoms with van der Waals surface area (Å²) < 4.78 is 5.01. The number of ether oxygens (including phenoxy) is 1. The number of hydrogen-bond acceptors (Lipinski definition) is 5. The Bertz CT molecular complexity index is 471. The number of carbonyl (C=O) groups is 1. The van der Waals surface area contributed by atoms with Crippen molar-refractivity contribution in [2.75, 3.05) is 43.8 Å². The molecule has 5 heteroatoms. The molecule has 5 nitrogen and oxygen atoms in total. The van der Waals surface area contributed by atoms with Crippen molar-refractivity contribution in [2.24, 2.45) is 0 Å². The van der Waals surface area contributed by atoms with E-state index in [0.717, 1.165) is 18.8 Å². The molecule has 0 amide bonds. The largest absolute Gasteiger partial charge is 0.462 e. The highest BCUT2D eigenvalue weighted by Gasteiger charge is 2.11. The first-order valence-corrected chi connectivity index (χ1v) is 7.73. The molecular weight excluding hydrogens is 266 g/mol. The molecule has 1 saturated heterocycles. The molecule has 3 N–H and O–H groups in total. The highest BCUT2D eigenvalue weighted by atomic mass is 16.5. The summed E-state index contributed by atoms with van der Waals surface area (Å²) in [5.74, 6) is -0.309. The number of hydrogen-bond donors (Lipinski definition) is 2. The van der Waals surface area contributed by atoms with Crippen LogP contribution in [0.1, 0.15) is 36.5 Å². The average molecular weight is 291 g/mol. The highest BCUT2D eigenvalue weighted by molar-refractivity contribution is 5.92. The van der Waals surface area contributed by atoms with Crippen LogP contribution in [0.15, 0.2) is 18.2 Å². The number of nitrogens with zero attached hydrogens (tertiary/aromatic N) is 1. The number of piperidine rings is 1. The number of benzene rings is 1. The Balaban J connectivity index is 1.89. The lowest BCUT2D eigenvalue weighted by molar-refractivity contribution is 0.0526. The number of nitrogens with one attached hydrogen (secondary N) is 1. The smallest absolute Gasteiger partial charge is 0.338 e. The molecule has 0 aromatic heterocycles. The number of likely N-dealkylation sites (tertiary alicyclic amines) is 1. The van der Waals surface area contributed by atoms with Crippen LogP contribution in [0.4, 0.5) is 11.4 Å². The van der Waals surface area contributed by atoms with Crippen LogP contribution in [0.5, 0.6) is 0 Å². The summed E-state index contributed by atoms with van der Waals surface area (Å²) >= 11 is 0. The van der Waals surface area contributed by atoms with E-state index in [-0.39, 0.29) is 5.97 Å². The Morgan fingerprint density at radius 3 is 2.81 bits per heavy atom. The lowest BCUT2D eigenvalue weighted by atomic mass is 10.1. The zero-order chi connectivity index (χ0) is 15.1. The Kier molecular flexibility index (Phi) is 5.87. The fourth-order valence-electron chi connectivity index (χ4n) is 2.58. The predicted octanol–water partition coefficient (Wildman–Crippen LogP) is 2.34. The SMILES string of the molecule is CCOC(=O)c1ccc(N)c(NCCN2CCCCC2)c1. The van der Waals surface area contributed by atoms with Gasteiger partial charge in [0.05, 0.1) is 23.5 Å². The number of nitrogens with two attached hydrogens (primary N) is 1. The normalized spacial score (nSPS) is 15.7. The van der Waals surface area contributed by atoms with Crippen LogP contribution in [-0.4, -0.2) is 43.7 Å². The standard InChI is InChI=1S/C16H25N3O2/c1-2-21-16(20)13-6-7-14(17)15(12-13)18-8-11-19-9-4-3-5-10-19/h6-7,12,18H,2-5,8-11,17H2,1H3. The van der Waals surface area contributed by atoms with Gasteiger partial charge in [-0.05, 0) is 51.1 Å². The fourth-order valence-corrected chi connectivity index (χ4v) is 2.58. The quantitative estimate of drug-likeness (QED) is 0.622. The number of carbonyl (C=O) groups excluding carboxylic acids is 1. The first-order valence-electron chi connectivity index (χ1n) is 7.73. The van der Waals surface area contributed by atoms with Crippen molar-refractivity contribution in [1.29, 1.82) is 0 Å². The molecule has 0 spiro atoms. The van der Waals surface area contributed by atoms with Gasteiger partial charge in [0.25, 0.3) is 0 Å². The van der Waals surface area contributed by atoms with Crippen LogP contribution in [0, 0.1) is 0 Å². The Labute approximate surface area is 126 Å². The van der Waals surface area contributed by atoms with Gasteiger partial charge in [0.15, 0.2) is 0 Å². The Hall–Kier alpha value is -1.75. The maximum absolute atomic E-state index is 11.7. The lowest BCUT2D eigenvalue weighted by Crippen LogP contribution is -2.33. The van der Waals surface area contributed by atoms with Gasteiger partial charge >= 0.3 is 5.97 Å². The third kappa shape index (κ3) is 4.63. The molecule has 2 rings (SSSR count). The molecule has 0 unspecified atom stereocenters. The van der Waals surface area contributed by atoms with E-state index < -0.39 is 0 Å². The Morgan fingerprint density at radius 1 is 1.33 bits per heavy atom. The molecule has 21 heavy (non-hydrogen) atoms. The van der Waals surface area contributed by atoms with Crippen LogP contribution < -0.4 is 11.1 Å². The number of rotatable bonds is 6. The molecular formula is C16H25N3O2. The van der Waals surface area contributed by atoms with Gasteiger partial charge < -0.3 is 20.7 Å². The molecule has 1 aliphatic rings. The van der Waals surface area contributed by atoms with E-state index in [1.54, 1.807) is 25.1 Å². The predicted molar refractivity (Wildman–Crippen MR) is 85.6 cm³/mol. The monoisotopic (exact) mass is 291 g/mol. The van der Waals surface area contributed by atoms with E-state index in [9.17, 15) is 4.79 Å². The minimum atomic E-state index is -0.309. The van der Waals surface area contributed by atoms with Gasteiger partial charge in [-0.2, -0.15) is 0 Å². The molecule has 0 aliphatic carbocycles. The van der Waals surface area contributed by atoms with Gasteiger partial charge in [0, 0.05) is 13.1 Å². The third-order valence-electron chi connectivity index (χ3n) is 3.76. The van der Waals surface area contributed by atoms with Gasteiger partial charge in [-0.3, -0.25) is 0 Å². The van der Waals surface area contributed by atoms with E-state index >= 15 is 0 Å². The summed E-state index contributed by atoms with van der Waals surface area (Å²) in [6.45, 7) is 6.37. The zero-order valence-electron chi connectivity index (χ0n) is 12.7. The van der Waals surface area contributed by atoms with Crippen molar-refractivity contribution < 1.29 is 9.53 Å². The Morgan fingerprint density at radius 2 is 2.10 bits per heavy atom. The van der Waals surface area contributed by atoms with Crippen molar-refractivity contribution in [3.8, 4) is 0 Å². The molecule has 0 saturated carbocycles. The summed E-state index contributed by atoms with van der Waals surface area (Å²) in [6, 6.07) is 5.21. The molecule has 1 heterocycles. The van der Waals surface area contributed by atoms with E-state index in [0.29, 0.717) is 17.9 Å². The first kappa shape index (κ1) is 15.6. The molecule has 0 radical (unpaired) electrons. The van der Waals surface area contributed by atoms with E-state index in [2.05, 4.69) is 10.2 Å².